The maximum absolute atomic E-state index is 9.24. The summed E-state index contributed by atoms with van der Waals surface area (Å²) in [6.07, 6.45) is 3.06. The van der Waals surface area contributed by atoms with E-state index in [0.29, 0.717) is 0 Å². The predicted molar refractivity (Wildman–Crippen MR) is 38.2 cm³/mol. The van der Waals surface area contributed by atoms with Gasteiger partial charge < -0.3 is 5.11 Å². The highest BCUT2D eigenvalue weighted by Gasteiger charge is 2.17. The van der Waals surface area contributed by atoms with Crippen LogP contribution in [-0.2, 0) is 0 Å². The Labute approximate surface area is 56.4 Å². The molecule has 0 aliphatic heterocycles. The molecule has 0 saturated heterocycles. The zero-order chi connectivity index (χ0) is 6.85. The van der Waals surface area contributed by atoms with Crippen LogP contribution in [0.15, 0.2) is 11.1 Å². The Balaban J connectivity index is 2.68. The third kappa shape index (κ3) is 1.16. The average Bonchev–Trinajstić information content (AvgIpc) is 2.15. The summed E-state index contributed by atoms with van der Waals surface area (Å²) in [5, 5.41) is 9.24. The van der Waals surface area contributed by atoms with Crippen LogP contribution >= 0.6 is 0 Å². The highest BCUT2D eigenvalue weighted by Crippen LogP contribution is 2.27. The molecule has 1 unspecified atom stereocenters. The van der Waals surface area contributed by atoms with Gasteiger partial charge in [-0.05, 0) is 31.8 Å². The molecule has 9 heavy (non-hydrogen) atoms. The van der Waals surface area contributed by atoms with Gasteiger partial charge in [-0.1, -0.05) is 12.5 Å². The van der Waals surface area contributed by atoms with Crippen LogP contribution in [0.2, 0.25) is 0 Å². The van der Waals surface area contributed by atoms with Gasteiger partial charge in [-0.2, -0.15) is 0 Å². The van der Waals surface area contributed by atoms with Crippen molar-refractivity contribution in [2.24, 2.45) is 0 Å². The Morgan fingerprint density at radius 1 is 1.67 bits per heavy atom. The Morgan fingerprint density at radius 3 is 2.56 bits per heavy atom. The fourth-order valence-electron chi connectivity index (χ4n) is 1.42. The smallest absolute Gasteiger partial charge is 0.0753 e. The second-order valence-corrected chi connectivity index (χ2v) is 2.69. The molecule has 52 valence electrons. The molecule has 0 bridgehead atoms. The molecule has 1 N–H and O–H groups in total. The van der Waals surface area contributed by atoms with Crippen molar-refractivity contribution in [3.63, 3.8) is 0 Å². The lowest BCUT2D eigenvalue weighted by atomic mass is 10.1. The minimum atomic E-state index is -0.125. The van der Waals surface area contributed by atoms with E-state index in [9.17, 15) is 5.11 Å². The van der Waals surface area contributed by atoms with E-state index in [-0.39, 0.29) is 6.10 Å². The van der Waals surface area contributed by atoms with Crippen molar-refractivity contribution in [3.05, 3.63) is 11.1 Å². The van der Waals surface area contributed by atoms with Crippen molar-refractivity contribution in [2.45, 2.75) is 39.2 Å². The zero-order valence-corrected chi connectivity index (χ0v) is 6.15. The van der Waals surface area contributed by atoms with Crippen molar-refractivity contribution < 1.29 is 5.11 Å². The number of hydrogen-bond acceptors (Lipinski definition) is 1. The van der Waals surface area contributed by atoms with Gasteiger partial charge in [-0.25, -0.2) is 0 Å². The molecule has 0 amide bonds. The SMILES string of the molecule is CCC1=C(C)C(O)CC1. The molecule has 0 saturated carbocycles. The van der Waals surface area contributed by atoms with Gasteiger partial charge in [0.2, 0.25) is 0 Å². The molecule has 1 aliphatic carbocycles. The number of aliphatic hydroxyl groups is 1. The molecular weight excluding hydrogens is 112 g/mol. The summed E-state index contributed by atoms with van der Waals surface area (Å²) < 4.78 is 0. The average molecular weight is 126 g/mol. The Morgan fingerprint density at radius 2 is 2.33 bits per heavy atom. The van der Waals surface area contributed by atoms with Gasteiger partial charge in [0.15, 0.2) is 0 Å². The van der Waals surface area contributed by atoms with Gasteiger partial charge in [0, 0.05) is 0 Å². The van der Waals surface area contributed by atoms with Gasteiger partial charge in [0.1, 0.15) is 0 Å². The molecule has 0 aromatic heterocycles. The minimum Gasteiger partial charge on any atom is -0.389 e. The molecule has 0 fully saturated rings. The molecule has 0 spiro atoms. The third-order valence-corrected chi connectivity index (χ3v) is 2.20. The van der Waals surface area contributed by atoms with Crippen LogP contribution in [0, 0.1) is 0 Å². The van der Waals surface area contributed by atoms with E-state index in [1.54, 1.807) is 0 Å². The fraction of sp³-hybridized carbons (Fsp3) is 0.750. The molecular formula is C8H14O. The van der Waals surface area contributed by atoms with Crippen molar-refractivity contribution in [3.8, 4) is 0 Å². The standard InChI is InChI=1S/C8H14O/c1-3-7-4-5-8(9)6(7)2/h8-9H,3-5H2,1-2H3. The third-order valence-electron chi connectivity index (χ3n) is 2.20. The van der Waals surface area contributed by atoms with Gasteiger partial charge in [-0.15, -0.1) is 0 Å². The maximum atomic E-state index is 9.24. The largest absolute Gasteiger partial charge is 0.389 e. The lowest BCUT2D eigenvalue weighted by molar-refractivity contribution is 0.212. The van der Waals surface area contributed by atoms with E-state index < -0.39 is 0 Å². The highest BCUT2D eigenvalue weighted by molar-refractivity contribution is 5.21. The normalized spacial score (nSPS) is 27.7. The summed E-state index contributed by atoms with van der Waals surface area (Å²) in [7, 11) is 0. The molecule has 0 aromatic carbocycles. The van der Waals surface area contributed by atoms with Gasteiger partial charge in [-0.3, -0.25) is 0 Å². The summed E-state index contributed by atoms with van der Waals surface area (Å²) >= 11 is 0. The molecule has 1 atom stereocenters. The first-order chi connectivity index (χ1) is 4.25. The van der Waals surface area contributed by atoms with Crippen LogP contribution in [0.1, 0.15) is 33.1 Å². The molecule has 1 heteroatoms. The van der Waals surface area contributed by atoms with E-state index in [0.717, 1.165) is 19.3 Å². The minimum absolute atomic E-state index is 0.125. The summed E-state index contributed by atoms with van der Waals surface area (Å²) in [5.74, 6) is 0. The van der Waals surface area contributed by atoms with Crippen molar-refractivity contribution in [1.29, 1.82) is 0 Å². The maximum Gasteiger partial charge on any atom is 0.0753 e. The number of allylic oxidation sites excluding steroid dienone is 1. The number of aliphatic hydroxyl groups excluding tert-OH is 1. The topological polar surface area (TPSA) is 20.2 Å². The lowest BCUT2D eigenvalue weighted by Crippen LogP contribution is -2.00. The van der Waals surface area contributed by atoms with E-state index in [1.807, 2.05) is 6.92 Å². The van der Waals surface area contributed by atoms with E-state index in [4.69, 9.17) is 0 Å². The first-order valence-electron chi connectivity index (χ1n) is 3.62. The molecule has 1 rings (SSSR count). The highest BCUT2D eigenvalue weighted by atomic mass is 16.3. The first kappa shape index (κ1) is 6.81. The number of hydrogen-bond donors (Lipinski definition) is 1. The lowest BCUT2D eigenvalue weighted by Gasteiger charge is -2.00. The van der Waals surface area contributed by atoms with Gasteiger partial charge >= 0.3 is 0 Å². The van der Waals surface area contributed by atoms with Crippen molar-refractivity contribution in [2.75, 3.05) is 0 Å². The van der Waals surface area contributed by atoms with Crippen LogP contribution < -0.4 is 0 Å². The molecule has 0 heterocycles. The van der Waals surface area contributed by atoms with Gasteiger partial charge in [0.05, 0.1) is 6.10 Å². The van der Waals surface area contributed by atoms with Gasteiger partial charge in [0.25, 0.3) is 0 Å². The Hall–Kier alpha value is -0.300. The Bertz CT molecular complexity index is 136. The van der Waals surface area contributed by atoms with Crippen LogP contribution in [0.4, 0.5) is 0 Å². The quantitative estimate of drug-likeness (QED) is 0.532. The van der Waals surface area contributed by atoms with Crippen LogP contribution in [-0.4, -0.2) is 11.2 Å². The van der Waals surface area contributed by atoms with Crippen molar-refractivity contribution >= 4 is 0 Å². The van der Waals surface area contributed by atoms with Crippen LogP contribution in [0.3, 0.4) is 0 Å². The van der Waals surface area contributed by atoms with E-state index in [1.165, 1.54) is 11.1 Å². The summed E-state index contributed by atoms with van der Waals surface area (Å²) in [5.41, 5.74) is 2.68. The fourth-order valence-corrected chi connectivity index (χ4v) is 1.42. The summed E-state index contributed by atoms with van der Waals surface area (Å²) in [6, 6.07) is 0. The Kier molecular flexibility index (Phi) is 1.91. The summed E-state index contributed by atoms with van der Waals surface area (Å²) in [4.78, 5) is 0. The molecule has 1 aliphatic rings. The monoisotopic (exact) mass is 126 g/mol. The van der Waals surface area contributed by atoms with Crippen molar-refractivity contribution in [1.82, 2.24) is 0 Å². The second kappa shape index (κ2) is 2.53. The van der Waals surface area contributed by atoms with Crippen LogP contribution in [0.25, 0.3) is 0 Å². The molecule has 1 nitrogen and oxygen atoms in total. The first-order valence-corrected chi connectivity index (χ1v) is 3.62. The molecule has 0 radical (unpaired) electrons. The van der Waals surface area contributed by atoms with E-state index in [2.05, 4.69) is 6.92 Å². The molecule has 0 aromatic rings. The van der Waals surface area contributed by atoms with Crippen LogP contribution in [0.5, 0.6) is 0 Å². The summed E-state index contributed by atoms with van der Waals surface area (Å²) in [6.45, 7) is 4.19. The predicted octanol–water partition coefficient (Wildman–Crippen LogP) is 1.87. The number of rotatable bonds is 1. The zero-order valence-electron chi connectivity index (χ0n) is 6.15. The van der Waals surface area contributed by atoms with E-state index >= 15 is 0 Å². The second-order valence-electron chi connectivity index (χ2n) is 2.69.